The first kappa shape index (κ1) is 14.6. The topological polar surface area (TPSA) is 85.1 Å². The number of carbonyl (C=O) groups is 1. The maximum atomic E-state index is 13.4. The molecular weight excluding hydrogens is 277 g/mol. The molecular formula is C14H12FN3O3. The van der Waals surface area contributed by atoms with Gasteiger partial charge in [0.25, 0.3) is 11.6 Å². The first-order valence-electron chi connectivity index (χ1n) is 6.21. The predicted octanol–water partition coefficient (Wildman–Crippen LogP) is 2.94. The van der Waals surface area contributed by atoms with Crippen LogP contribution in [0.15, 0.2) is 36.7 Å². The number of hydrogen-bond donors (Lipinski definition) is 1. The van der Waals surface area contributed by atoms with E-state index in [1.165, 1.54) is 18.3 Å². The van der Waals surface area contributed by atoms with Crippen molar-refractivity contribution in [1.82, 2.24) is 4.98 Å². The minimum absolute atomic E-state index is 0.0782. The number of aryl methyl sites for hydroxylation is 1. The summed E-state index contributed by atoms with van der Waals surface area (Å²) in [5.41, 5.74) is 0.547. The van der Waals surface area contributed by atoms with Gasteiger partial charge in [-0.1, -0.05) is 13.0 Å². The molecule has 0 bridgehead atoms. The molecule has 2 rings (SSSR count). The van der Waals surface area contributed by atoms with Crippen molar-refractivity contribution in [2.24, 2.45) is 0 Å². The standard InChI is InChI=1S/C14H12FN3O3/c1-2-9-3-4-10(7-13(9)18(20)21)17-14(19)11-5-6-16-8-12(11)15/h3-8H,2H2,1H3,(H,17,19). The van der Waals surface area contributed by atoms with Crippen LogP contribution in [0.2, 0.25) is 0 Å². The van der Waals surface area contributed by atoms with E-state index in [0.717, 1.165) is 6.20 Å². The minimum atomic E-state index is -0.755. The first-order valence-corrected chi connectivity index (χ1v) is 6.21. The van der Waals surface area contributed by atoms with E-state index in [-0.39, 0.29) is 16.9 Å². The molecule has 1 amide bonds. The zero-order chi connectivity index (χ0) is 15.4. The number of hydrogen-bond acceptors (Lipinski definition) is 4. The van der Waals surface area contributed by atoms with Crippen molar-refractivity contribution in [3.63, 3.8) is 0 Å². The Morgan fingerprint density at radius 1 is 1.43 bits per heavy atom. The molecule has 0 spiro atoms. The number of nitrogens with zero attached hydrogens (tertiary/aromatic N) is 2. The number of amides is 1. The number of halogens is 1. The third-order valence-electron chi connectivity index (χ3n) is 2.94. The molecule has 108 valence electrons. The normalized spacial score (nSPS) is 10.2. The van der Waals surface area contributed by atoms with Gasteiger partial charge in [0.1, 0.15) is 0 Å². The van der Waals surface area contributed by atoms with Crippen LogP contribution in [0.3, 0.4) is 0 Å². The summed E-state index contributed by atoms with van der Waals surface area (Å²) in [7, 11) is 0. The lowest BCUT2D eigenvalue weighted by Gasteiger charge is -2.07. The second-order valence-corrected chi connectivity index (χ2v) is 4.26. The number of carbonyl (C=O) groups excluding carboxylic acids is 1. The van der Waals surface area contributed by atoms with E-state index in [9.17, 15) is 19.3 Å². The summed E-state index contributed by atoms with van der Waals surface area (Å²) in [6.45, 7) is 1.80. The lowest BCUT2D eigenvalue weighted by molar-refractivity contribution is -0.385. The second-order valence-electron chi connectivity index (χ2n) is 4.26. The molecule has 0 radical (unpaired) electrons. The number of benzene rings is 1. The number of nitro benzene ring substituents is 1. The van der Waals surface area contributed by atoms with Gasteiger partial charge in [-0.05, 0) is 18.6 Å². The van der Waals surface area contributed by atoms with Crippen LogP contribution in [-0.4, -0.2) is 15.8 Å². The lowest BCUT2D eigenvalue weighted by atomic mass is 10.1. The molecule has 0 fully saturated rings. The van der Waals surface area contributed by atoms with Crippen molar-refractivity contribution in [2.45, 2.75) is 13.3 Å². The fourth-order valence-electron chi connectivity index (χ4n) is 1.87. The third kappa shape index (κ3) is 3.19. The molecule has 1 aromatic carbocycles. The number of anilines is 1. The molecule has 1 N–H and O–H groups in total. The fraction of sp³-hybridized carbons (Fsp3) is 0.143. The summed E-state index contributed by atoms with van der Waals surface area (Å²) < 4.78 is 13.4. The van der Waals surface area contributed by atoms with Crippen LogP contribution in [-0.2, 0) is 6.42 Å². The SMILES string of the molecule is CCc1ccc(NC(=O)c2ccncc2F)cc1[N+](=O)[O-]. The van der Waals surface area contributed by atoms with E-state index >= 15 is 0 Å². The number of nitrogens with one attached hydrogen (secondary N) is 1. The Morgan fingerprint density at radius 3 is 2.81 bits per heavy atom. The van der Waals surface area contributed by atoms with E-state index in [4.69, 9.17) is 0 Å². The van der Waals surface area contributed by atoms with Gasteiger partial charge in [-0.25, -0.2) is 4.39 Å². The van der Waals surface area contributed by atoms with Crippen molar-refractivity contribution in [1.29, 1.82) is 0 Å². The summed E-state index contributed by atoms with van der Waals surface area (Å²) in [5, 5.41) is 13.4. The fourth-order valence-corrected chi connectivity index (χ4v) is 1.87. The van der Waals surface area contributed by atoms with Gasteiger partial charge in [0.05, 0.1) is 16.7 Å². The summed E-state index contributed by atoms with van der Waals surface area (Å²) in [4.78, 5) is 25.9. The van der Waals surface area contributed by atoms with E-state index in [0.29, 0.717) is 12.0 Å². The van der Waals surface area contributed by atoms with Crippen LogP contribution in [0, 0.1) is 15.9 Å². The maximum absolute atomic E-state index is 13.4. The molecule has 6 nitrogen and oxygen atoms in total. The van der Waals surface area contributed by atoms with E-state index < -0.39 is 16.6 Å². The average molecular weight is 289 g/mol. The van der Waals surface area contributed by atoms with Crippen molar-refractivity contribution in [3.8, 4) is 0 Å². The van der Waals surface area contributed by atoms with E-state index in [1.54, 1.807) is 19.1 Å². The van der Waals surface area contributed by atoms with Gasteiger partial charge >= 0.3 is 0 Å². The molecule has 0 unspecified atom stereocenters. The van der Waals surface area contributed by atoms with Gasteiger partial charge in [-0.15, -0.1) is 0 Å². The quantitative estimate of drug-likeness (QED) is 0.692. The molecule has 0 aliphatic heterocycles. The first-order chi connectivity index (χ1) is 10.0. The van der Waals surface area contributed by atoms with Gasteiger partial charge in [0.15, 0.2) is 5.82 Å². The van der Waals surface area contributed by atoms with Gasteiger partial charge < -0.3 is 5.32 Å². The zero-order valence-corrected chi connectivity index (χ0v) is 11.2. The summed E-state index contributed by atoms with van der Waals surface area (Å²) in [5.74, 6) is -1.44. The van der Waals surface area contributed by atoms with Crippen molar-refractivity contribution in [2.75, 3.05) is 5.32 Å². The Kier molecular flexibility index (Phi) is 4.22. The summed E-state index contributed by atoms with van der Waals surface area (Å²) in [6, 6.07) is 5.61. The smallest absolute Gasteiger partial charge is 0.274 e. The van der Waals surface area contributed by atoms with Crippen molar-refractivity contribution < 1.29 is 14.1 Å². The molecule has 7 heteroatoms. The average Bonchev–Trinajstić information content (AvgIpc) is 2.47. The molecule has 1 heterocycles. The maximum Gasteiger partial charge on any atom is 0.274 e. The van der Waals surface area contributed by atoms with Gasteiger partial charge in [0, 0.05) is 23.5 Å². The monoisotopic (exact) mass is 289 g/mol. The lowest BCUT2D eigenvalue weighted by Crippen LogP contribution is -2.14. The van der Waals surface area contributed by atoms with E-state index in [1.807, 2.05) is 0 Å². The highest BCUT2D eigenvalue weighted by Crippen LogP contribution is 2.24. The highest BCUT2D eigenvalue weighted by Gasteiger charge is 2.16. The van der Waals surface area contributed by atoms with Crippen LogP contribution in [0.4, 0.5) is 15.8 Å². The van der Waals surface area contributed by atoms with E-state index in [2.05, 4.69) is 10.3 Å². The Labute approximate surface area is 119 Å². The third-order valence-corrected chi connectivity index (χ3v) is 2.94. The molecule has 0 saturated heterocycles. The minimum Gasteiger partial charge on any atom is -0.322 e. The van der Waals surface area contributed by atoms with Crippen LogP contribution in [0.1, 0.15) is 22.8 Å². The van der Waals surface area contributed by atoms with Crippen molar-refractivity contribution >= 4 is 17.3 Å². The van der Waals surface area contributed by atoms with Gasteiger partial charge in [-0.3, -0.25) is 19.9 Å². The Hall–Kier alpha value is -2.83. The highest BCUT2D eigenvalue weighted by atomic mass is 19.1. The summed E-state index contributed by atoms with van der Waals surface area (Å²) >= 11 is 0. The van der Waals surface area contributed by atoms with Crippen molar-refractivity contribution in [3.05, 3.63) is 63.7 Å². The molecule has 21 heavy (non-hydrogen) atoms. The van der Waals surface area contributed by atoms with Crippen LogP contribution >= 0.6 is 0 Å². The number of pyridine rings is 1. The predicted molar refractivity (Wildman–Crippen MR) is 74.6 cm³/mol. The zero-order valence-electron chi connectivity index (χ0n) is 11.2. The second kappa shape index (κ2) is 6.08. The Morgan fingerprint density at radius 2 is 2.19 bits per heavy atom. The van der Waals surface area contributed by atoms with Gasteiger partial charge in [0.2, 0.25) is 0 Å². The van der Waals surface area contributed by atoms with Crippen LogP contribution in [0.5, 0.6) is 0 Å². The number of nitro groups is 1. The largest absolute Gasteiger partial charge is 0.322 e. The highest BCUT2D eigenvalue weighted by molar-refractivity contribution is 6.04. The Balaban J connectivity index is 2.28. The van der Waals surface area contributed by atoms with Crippen LogP contribution < -0.4 is 5.32 Å². The molecule has 0 aliphatic rings. The van der Waals surface area contributed by atoms with Gasteiger partial charge in [-0.2, -0.15) is 0 Å². The van der Waals surface area contributed by atoms with Crippen LogP contribution in [0.25, 0.3) is 0 Å². The molecule has 0 aliphatic carbocycles. The molecule has 1 aromatic heterocycles. The Bertz CT molecular complexity index is 704. The molecule has 0 saturated carbocycles. The molecule has 2 aromatic rings. The molecule has 0 atom stereocenters. The number of aromatic nitrogens is 1. The summed E-state index contributed by atoms with van der Waals surface area (Å²) in [6.07, 6.45) is 2.72. The number of rotatable bonds is 4.